The third-order valence-corrected chi connectivity index (χ3v) is 4.72. The summed E-state index contributed by atoms with van der Waals surface area (Å²) in [5.41, 5.74) is 0.205. The molecule has 1 heterocycles. The summed E-state index contributed by atoms with van der Waals surface area (Å²) >= 11 is 3.05. The van der Waals surface area contributed by atoms with Crippen molar-refractivity contribution in [2.24, 2.45) is 5.41 Å². The largest absolute Gasteiger partial charge is 0.315 e. The Morgan fingerprint density at radius 2 is 2.11 bits per heavy atom. The Kier molecular flexibility index (Phi) is 6.62. The van der Waals surface area contributed by atoms with Gasteiger partial charge in [-0.2, -0.15) is 5.06 Å². The molecule has 0 aliphatic carbocycles. The van der Waals surface area contributed by atoms with Gasteiger partial charge in [0.15, 0.2) is 0 Å². The molecule has 0 radical (unpaired) electrons. The molecule has 0 aliphatic rings. The van der Waals surface area contributed by atoms with E-state index in [-0.39, 0.29) is 5.41 Å². The first kappa shape index (κ1) is 16.8. The normalized spacial score (nSPS) is 13.8. The van der Waals surface area contributed by atoms with E-state index in [1.165, 1.54) is 17.2 Å². The molecule has 19 heavy (non-hydrogen) atoms. The third-order valence-electron chi connectivity index (χ3n) is 2.92. The number of nitrogens with one attached hydrogen (secondary N) is 1. The summed E-state index contributed by atoms with van der Waals surface area (Å²) < 4.78 is 7.72. The van der Waals surface area contributed by atoms with Crippen molar-refractivity contribution in [1.29, 1.82) is 0 Å². The Balaban J connectivity index is 2.37. The zero-order chi connectivity index (χ0) is 14.5. The summed E-state index contributed by atoms with van der Waals surface area (Å²) in [7, 11) is 5.96. The van der Waals surface area contributed by atoms with Crippen LogP contribution in [-0.2, 0) is 4.28 Å². The van der Waals surface area contributed by atoms with Crippen LogP contribution >= 0.6 is 23.6 Å². The highest BCUT2D eigenvalue weighted by molar-refractivity contribution is 7.96. The molecule has 0 saturated heterocycles. The van der Waals surface area contributed by atoms with E-state index in [2.05, 4.69) is 37.5 Å². The summed E-state index contributed by atoms with van der Waals surface area (Å²) in [6, 6.07) is 4.49. The Hall–Kier alpha value is -0.270. The number of hydrogen-bond donors (Lipinski definition) is 1. The van der Waals surface area contributed by atoms with Gasteiger partial charge in [-0.3, -0.25) is 4.31 Å². The maximum Gasteiger partial charge on any atom is 0.136 e. The fourth-order valence-corrected chi connectivity index (χ4v) is 2.91. The number of thiophene rings is 1. The van der Waals surface area contributed by atoms with Crippen LogP contribution < -0.4 is 9.62 Å². The standard InChI is InChI=1S/C13H25N3OS2/c1-13(2,3)11(14-4)10-15(5)17-19-16(6)12-8-7-9-18-12/h7-9,11,14H,10H2,1-6H3. The molecule has 1 aromatic rings. The number of anilines is 1. The van der Waals surface area contributed by atoms with E-state index in [1.54, 1.807) is 11.3 Å². The van der Waals surface area contributed by atoms with Gasteiger partial charge >= 0.3 is 0 Å². The Bertz CT molecular complexity index is 351. The molecule has 1 rings (SSSR count). The van der Waals surface area contributed by atoms with Gasteiger partial charge in [0.2, 0.25) is 0 Å². The predicted molar refractivity (Wildman–Crippen MR) is 86.3 cm³/mol. The second kappa shape index (κ2) is 7.50. The molecule has 110 valence electrons. The minimum Gasteiger partial charge on any atom is -0.315 e. The molecular weight excluding hydrogens is 278 g/mol. The molecule has 0 bridgehead atoms. The van der Waals surface area contributed by atoms with Gasteiger partial charge in [-0.25, -0.2) is 4.28 Å². The predicted octanol–water partition coefficient (Wildman–Crippen LogP) is 3.25. The highest BCUT2D eigenvalue weighted by atomic mass is 32.2. The average molecular weight is 303 g/mol. The van der Waals surface area contributed by atoms with E-state index < -0.39 is 0 Å². The molecule has 0 aromatic carbocycles. The van der Waals surface area contributed by atoms with Crippen LogP contribution in [0.25, 0.3) is 0 Å². The first-order chi connectivity index (χ1) is 8.84. The van der Waals surface area contributed by atoms with Gasteiger partial charge in [0.25, 0.3) is 0 Å². The highest BCUT2D eigenvalue weighted by Crippen LogP contribution is 2.27. The molecule has 4 nitrogen and oxygen atoms in total. The lowest BCUT2D eigenvalue weighted by atomic mass is 9.87. The van der Waals surface area contributed by atoms with Crippen LogP contribution in [0.3, 0.4) is 0 Å². The molecule has 1 atom stereocenters. The SMILES string of the molecule is CNC(CN(C)OSN(C)c1cccs1)C(C)(C)C. The minimum atomic E-state index is 0.205. The second-order valence-electron chi connectivity index (χ2n) is 5.62. The van der Waals surface area contributed by atoms with Crippen molar-refractivity contribution in [1.82, 2.24) is 10.4 Å². The number of likely N-dealkylation sites (N-methyl/N-ethyl adjacent to an activating group) is 2. The van der Waals surface area contributed by atoms with Gasteiger partial charge in [0, 0.05) is 26.7 Å². The summed E-state index contributed by atoms with van der Waals surface area (Å²) in [5, 5.41) is 8.46. The highest BCUT2D eigenvalue weighted by Gasteiger charge is 2.24. The summed E-state index contributed by atoms with van der Waals surface area (Å²) in [6.45, 7) is 7.53. The quantitative estimate of drug-likeness (QED) is 0.474. The molecule has 1 aromatic heterocycles. The van der Waals surface area contributed by atoms with Crippen LogP contribution in [-0.4, -0.2) is 38.8 Å². The lowest BCUT2D eigenvalue weighted by molar-refractivity contribution is -0.0271. The lowest BCUT2D eigenvalue weighted by Crippen LogP contribution is -2.45. The second-order valence-corrected chi connectivity index (χ2v) is 7.39. The molecule has 0 saturated carbocycles. The molecule has 0 amide bonds. The molecule has 0 fully saturated rings. The average Bonchev–Trinajstić information content (AvgIpc) is 2.85. The van der Waals surface area contributed by atoms with E-state index in [9.17, 15) is 0 Å². The number of nitrogens with zero attached hydrogens (tertiary/aromatic N) is 2. The minimum absolute atomic E-state index is 0.205. The Morgan fingerprint density at radius 1 is 1.42 bits per heavy atom. The van der Waals surface area contributed by atoms with Crippen LogP contribution in [0.15, 0.2) is 17.5 Å². The fraction of sp³-hybridized carbons (Fsp3) is 0.692. The smallest absolute Gasteiger partial charge is 0.136 e. The van der Waals surface area contributed by atoms with Crippen molar-refractivity contribution < 1.29 is 4.28 Å². The third kappa shape index (κ3) is 5.71. The maximum absolute atomic E-state index is 5.70. The van der Waals surface area contributed by atoms with E-state index in [0.29, 0.717) is 6.04 Å². The van der Waals surface area contributed by atoms with Gasteiger partial charge in [0.1, 0.15) is 17.2 Å². The van der Waals surface area contributed by atoms with Gasteiger partial charge in [-0.1, -0.05) is 20.8 Å². The summed E-state index contributed by atoms with van der Waals surface area (Å²) in [5.74, 6) is 0. The zero-order valence-electron chi connectivity index (χ0n) is 12.6. The van der Waals surface area contributed by atoms with Crippen LogP contribution in [0.1, 0.15) is 20.8 Å². The monoisotopic (exact) mass is 303 g/mol. The van der Waals surface area contributed by atoms with Crippen molar-refractivity contribution in [3.8, 4) is 0 Å². The van der Waals surface area contributed by atoms with Crippen LogP contribution in [0.4, 0.5) is 5.00 Å². The lowest BCUT2D eigenvalue weighted by Gasteiger charge is -2.33. The van der Waals surface area contributed by atoms with Gasteiger partial charge < -0.3 is 5.32 Å². The van der Waals surface area contributed by atoms with E-state index in [0.717, 1.165) is 6.54 Å². The Labute approximate surface area is 125 Å². The molecule has 0 aliphatic heterocycles. The molecular formula is C13H25N3OS2. The molecule has 0 spiro atoms. The zero-order valence-corrected chi connectivity index (χ0v) is 14.3. The number of hydrogen-bond acceptors (Lipinski definition) is 6. The van der Waals surface area contributed by atoms with E-state index in [4.69, 9.17) is 4.28 Å². The van der Waals surface area contributed by atoms with Gasteiger partial charge in [0.05, 0.1) is 0 Å². The maximum atomic E-state index is 5.70. The van der Waals surface area contributed by atoms with Crippen LogP contribution in [0.5, 0.6) is 0 Å². The summed E-state index contributed by atoms with van der Waals surface area (Å²) in [4.78, 5) is 0. The van der Waals surface area contributed by atoms with Crippen LogP contribution in [0, 0.1) is 5.41 Å². The number of hydroxylamine groups is 2. The van der Waals surface area contributed by atoms with Crippen molar-refractivity contribution in [3.05, 3.63) is 17.5 Å². The number of rotatable bonds is 7. The first-order valence-electron chi connectivity index (χ1n) is 6.35. The van der Waals surface area contributed by atoms with Gasteiger partial charge in [-0.15, -0.1) is 11.3 Å². The first-order valence-corrected chi connectivity index (χ1v) is 7.92. The molecule has 1 unspecified atom stereocenters. The summed E-state index contributed by atoms with van der Waals surface area (Å²) in [6.07, 6.45) is 0. The fourth-order valence-electron chi connectivity index (χ4n) is 1.68. The molecule has 1 N–H and O–H groups in total. The Morgan fingerprint density at radius 3 is 2.58 bits per heavy atom. The van der Waals surface area contributed by atoms with Crippen molar-refractivity contribution in [2.75, 3.05) is 32.0 Å². The van der Waals surface area contributed by atoms with Crippen molar-refractivity contribution >= 4 is 28.6 Å². The van der Waals surface area contributed by atoms with Crippen LogP contribution in [0.2, 0.25) is 0 Å². The topological polar surface area (TPSA) is 27.7 Å². The molecule has 6 heteroatoms. The van der Waals surface area contributed by atoms with E-state index >= 15 is 0 Å². The van der Waals surface area contributed by atoms with Crippen molar-refractivity contribution in [2.45, 2.75) is 26.8 Å². The van der Waals surface area contributed by atoms with Gasteiger partial charge in [-0.05, 0) is 30.0 Å². The van der Waals surface area contributed by atoms with Crippen molar-refractivity contribution in [3.63, 3.8) is 0 Å². The van der Waals surface area contributed by atoms with E-state index in [1.807, 2.05) is 36.6 Å².